The van der Waals surface area contributed by atoms with Crippen molar-refractivity contribution < 1.29 is 29.3 Å². The van der Waals surface area contributed by atoms with Crippen LogP contribution >= 0.6 is 0 Å². The maximum absolute atomic E-state index is 11.0. The molecule has 0 aliphatic carbocycles. The summed E-state index contributed by atoms with van der Waals surface area (Å²) in [6.07, 6.45) is -0.760. The molecule has 1 aliphatic rings. The molecule has 4 rings (SSSR count). The topological polar surface area (TPSA) is 200 Å². The zero-order valence-corrected chi connectivity index (χ0v) is 13.8. The number of nitrogens with zero attached hydrogens (tertiary/aromatic N) is 4. The van der Waals surface area contributed by atoms with Crippen molar-refractivity contribution in [3.8, 4) is 11.5 Å². The molecule has 0 amide bonds. The number of fused-ring (bicyclic) bond motifs is 1. The first-order chi connectivity index (χ1) is 13.5. The fraction of sp³-hybridized carbons (Fsp3) is 0.143. The number of aromatic amines is 2. The van der Waals surface area contributed by atoms with E-state index in [0.29, 0.717) is 17.1 Å². The summed E-state index contributed by atoms with van der Waals surface area (Å²) < 4.78 is 10.6. The Bertz CT molecular complexity index is 992. The maximum Gasteiger partial charge on any atom is 0.373 e. The zero-order valence-electron chi connectivity index (χ0n) is 13.8. The van der Waals surface area contributed by atoms with Crippen LogP contribution in [-0.2, 0) is 0 Å². The van der Waals surface area contributed by atoms with E-state index in [1.807, 2.05) is 0 Å². The van der Waals surface area contributed by atoms with E-state index in [4.69, 9.17) is 19.7 Å². The largest absolute Gasteiger partial charge is 0.475 e. The Kier molecular flexibility index (Phi) is 4.11. The van der Waals surface area contributed by atoms with Crippen LogP contribution in [0.4, 0.5) is 11.9 Å². The average molecular weight is 388 g/mol. The molecule has 3 heterocycles. The Morgan fingerprint density at radius 2 is 1.54 bits per heavy atom. The first-order valence-electron chi connectivity index (χ1n) is 7.73. The third-order valence-corrected chi connectivity index (χ3v) is 3.65. The van der Waals surface area contributed by atoms with Crippen molar-refractivity contribution in [2.45, 2.75) is 6.17 Å². The molecule has 0 atom stereocenters. The second kappa shape index (κ2) is 6.75. The molecule has 28 heavy (non-hydrogen) atoms. The normalized spacial score (nSPS) is 12.2. The molecular formula is C14H12N8O6. The van der Waals surface area contributed by atoms with Gasteiger partial charge in [-0.25, -0.2) is 9.59 Å². The summed E-state index contributed by atoms with van der Waals surface area (Å²) in [6, 6.07) is 5.09. The van der Waals surface area contributed by atoms with Gasteiger partial charge in [-0.2, -0.15) is 9.97 Å². The Morgan fingerprint density at radius 1 is 0.964 bits per heavy atom. The minimum absolute atomic E-state index is 0.0124. The van der Waals surface area contributed by atoms with E-state index >= 15 is 0 Å². The highest BCUT2D eigenvalue weighted by Crippen LogP contribution is 2.34. The SMILES string of the molecule is O=C(O)c1nc(NC(Nc2n[nH]c(C(=O)O)n2)c2ccc3c(c2)OCO3)n[nH]1. The van der Waals surface area contributed by atoms with Crippen LogP contribution in [0.2, 0.25) is 0 Å². The summed E-state index contributed by atoms with van der Waals surface area (Å²) in [5, 5.41) is 35.8. The van der Waals surface area contributed by atoms with Crippen LogP contribution in [0.15, 0.2) is 18.2 Å². The zero-order chi connectivity index (χ0) is 19.7. The Morgan fingerprint density at radius 3 is 2.07 bits per heavy atom. The molecule has 0 saturated heterocycles. The van der Waals surface area contributed by atoms with Crippen molar-refractivity contribution in [2.24, 2.45) is 0 Å². The van der Waals surface area contributed by atoms with Crippen LogP contribution in [0, 0.1) is 0 Å². The Balaban J connectivity index is 1.63. The molecule has 14 nitrogen and oxygen atoms in total. The van der Waals surface area contributed by atoms with E-state index in [1.54, 1.807) is 18.2 Å². The van der Waals surface area contributed by atoms with E-state index in [1.165, 1.54) is 0 Å². The number of H-pyrrole nitrogens is 2. The molecule has 144 valence electrons. The fourth-order valence-corrected chi connectivity index (χ4v) is 2.40. The highest BCUT2D eigenvalue weighted by Gasteiger charge is 2.22. The number of aromatic nitrogens is 6. The fourth-order valence-electron chi connectivity index (χ4n) is 2.40. The van der Waals surface area contributed by atoms with Crippen molar-refractivity contribution in [1.82, 2.24) is 30.4 Å². The van der Waals surface area contributed by atoms with Gasteiger partial charge in [0.1, 0.15) is 6.17 Å². The van der Waals surface area contributed by atoms with Crippen molar-refractivity contribution in [3.05, 3.63) is 35.4 Å². The van der Waals surface area contributed by atoms with Crippen LogP contribution in [0.3, 0.4) is 0 Å². The maximum atomic E-state index is 11.0. The van der Waals surface area contributed by atoms with Gasteiger partial charge in [-0.05, 0) is 17.7 Å². The lowest BCUT2D eigenvalue weighted by Crippen LogP contribution is -2.21. The van der Waals surface area contributed by atoms with Crippen LogP contribution in [0.25, 0.3) is 0 Å². The summed E-state index contributed by atoms with van der Waals surface area (Å²) in [4.78, 5) is 29.5. The molecule has 0 fully saturated rings. The molecule has 6 N–H and O–H groups in total. The van der Waals surface area contributed by atoms with E-state index in [9.17, 15) is 9.59 Å². The lowest BCUT2D eigenvalue weighted by Gasteiger charge is -2.19. The van der Waals surface area contributed by atoms with E-state index < -0.39 is 18.1 Å². The first-order valence-corrected chi connectivity index (χ1v) is 7.73. The van der Waals surface area contributed by atoms with Crippen LogP contribution in [-0.4, -0.2) is 59.3 Å². The van der Waals surface area contributed by atoms with Crippen LogP contribution in [0.5, 0.6) is 11.5 Å². The number of ether oxygens (including phenoxy) is 2. The van der Waals surface area contributed by atoms with Gasteiger partial charge in [0, 0.05) is 0 Å². The quantitative estimate of drug-likeness (QED) is 0.302. The third kappa shape index (κ3) is 3.33. The summed E-state index contributed by atoms with van der Waals surface area (Å²) in [5.74, 6) is -2.19. The predicted octanol–water partition coefficient (Wildman–Crippen LogP) is 0.271. The number of anilines is 2. The van der Waals surface area contributed by atoms with Gasteiger partial charge in [0.15, 0.2) is 11.5 Å². The van der Waals surface area contributed by atoms with Gasteiger partial charge in [0.2, 0.25) is 30.3 Å². The van der Waals surface area contributed by atoms with E-state index in [-0.39, 0.29) is 30.3 Å². The van der Waals surface area contributed by atoms with Crippen molar-refractivity contribution >= 4 is 23.8 Å². The van der Waals surface area contributed by atoms with Gasteiger partial charge >= 0.3 is 11.9 Å². The molecule has 14 heteroatoms. The Labute approximate surface area is 154 Å². The highest BCUT2D eigenvalue weighted by molar-refractivity contribution is 5.83. The molecule has 3 aromatic rings. The standard InChI is InChI=1S/C14H12N8O6/c23-11(24)9-17-13(21-19-9)15-8(16-14-18-10(12(25)26)20-22-14)5-1-2-6-7(3-5)28-4-27-6/h1-3,8H,4H2,(H,23,24)(H,25,26)(H2,15,17,19,21)(H2,16,18,20,22). The van der Waals surface area contributed by atoms with Crippen molar-refractivity contribution in [3.63, 3.8) is 0 Å². The number of carbonyl (C=O) groups is 2. The second-order valence-corrected chi connectivity index (χ2v) is 5.46. The molecule has 1 aromatic carbocycles. The average Bonchev–Trinajstić information content (AvgIpc) is 3.41. The number of hydrogen-bond donors (Lipinski definition) is 6. The molecular weight excluding hydrogens is 376 g/mol. The minimum Gasteiger partial charge on any atom is -0.475 e. The summed E-state index contributed by atoms with van der Waals surface area (Å²) in [6.45, 7) is 0.0934. The number of nitrogens with one attached hydrogen (secondary N) is 4. The Hall–Kier alpha value is -4.36. The van der Waals surface area contributed by atoms with E-state index in [0.717, 1.165) is 0 Å². The van der Waals surface area contributed by atoms with Crippen molar-refractivity contribution in [2.75, 3.05) is 17.4 Å². The number of carboxylic acid groups (broad SMARTS) is 2. The van der Waals surface area contributed by atoms with Crippen molar-refractivity contribution in [1.29, 1.82) is 0 Å². The van der Waals surface area contributed by atoms with Gasteiger partial charge in [-0.3, -0.25) is 10.2 Å². The minimum atomic E-state index is -1.27. The third-order valence-electron chi connectivity index (χ3n) is 3.65. The second-order valence-electron chi connectivity index (χ2n) is 5.46. The first kappa shape index (κ1) is 17.1. The highest BCUT2D eigenvalue weighted by atomic mass is 16.7. The summed E-state index contributed by atoms with van der Waals surface area (Å²) >= 11 is 0. The smallest absolute Gasteiger partial charge is 0.373 e. The van der Waals surface area contributed by atoms with Gasteiger partial charge < -0.3 is 30.3 Å². The number of benzene rings is 1. The molecule has 0 spiro atoms. The number of hydrogen-bond acceptors (Lipinski definition) is 10. The van der Waals surface area contributed by atoms with Gasteiger partial charge in [0.05, 0.1) is 0 Å². The molecule has 1 aliphatic heterocycles. The summed E-state index contributed by atoms with van der Waals surface area (Å²) in [5.41, 5.74) is 0.618. The molecule has 0 saturated carbocycles. The number of rotatable bonds is 7. The molecule has 2 aromatic heterocycles. The van der Waals surface area contributed by atoms with Crippen LogP contribution < -0.4 is 20.1 Å². The monoisotopic (exact) mass is 388 g/mol. The molecule has 0 radical (unpaired) electrons. The van der Waals surface area contributed by atoms with E-state index in [2.05, 4.69) is 41.0 Å². The van der Waals surface area contributed by atoms with Crippen LogP contribution in [0.1, 0.15) is 33.0 Å². The number of carboxylic acids is 2. The lowest BCUT2D eigenvalue weighted by molar-refractivity contribution is 0.0673. The van der Waals surface area contributed by atoms with Gasteiger partial charge in [-0.1, -0.05) is 6.07 Å². The molecule has 0 bridgehead atoms. The summed E-state index contributed by atoms with van der Waals surface area (Å²) in [7, 11) is 0. The lowest BCUT2D eigenvalue weighted by atomic mass is 10.1. The van der Waals surface area contributed by atoms with Gasteiger partial charge in [0.25, 0.3) is 0 Å². The van der Waals surface area contributed by atoms with Gasteiger partial charge in [-0.15, -0.1) is 10.2 Å². The molecule has 0 unspecified atom stereocenters. The predicted molar refractivity (Wildman–Crippen MR) is 89.2 cm³/mol. The number of aromatic carboxylic acids is 2.